The molecular weight excluding hydrogens is 406 g/mol. The Hall–Kier alpha value is -2.66. The van der Waals surface area contributed by atoms with E-state index in [2.05, 4.69) is 39.8 Å². The summed E-state index contributed by atoms with van der Waals surface area (Å²) in [5, 5.41) is 26.9. The van der Waals surface area contributed by atoms with Gasteiger partial charge in [0.25, 0.3) is 0 Å². The summed E-state index contributed by atoms with van der Waals surface area (Å²) in [4.78, 5) is 30.2. The molecule has 1 aromatic heterocycles. The third kappa shape index (κ3) is 2.64. The standard InChI is InChI=1S/C19H23N7O3S/c1-4-11-20-12(9-5-7-10(27)8-6-9)16(28)25(11)13-17(29)26-14(15-21-23-24-22-15)19(2,3)30-18(13)26/h5-8,11-14,18,20,27H,4H2,1-3H3,(H,21,22,23,24). The van der Waals surface area contributed by atoms with Crippen LogP contribution in [-0.2, 0) is 9.59 Å². The predicted octanol–water partition coefficient (Wildman–Crippen LogP) is 0.918. The van der Waals surface area contributed by atoms with Crippen molar-refractivity contribution < 1.29 is 14.7 Å². The number of hydrogen-bond donors (Lipinski definition) is 3. The monoisotopic (exact) mass is 429 g/mol. The van der Waals surface area contributed by atoms with E-state index >= 15 is 0 Å². The van der Waals surface area contributed by atoms with Crippen LogP contribution in [0, 0.1) is 0 Å². The van der Waals surface area contributed by atoms with Crippen LogP contribution in [-0.4, -0.2) is 69.7 Å². The summed E-state index contributed by atoms with van der Waals surface area (Å²) < 4.78 is -0.301. The van der Waals surface area contributed by atoms with E-state index in [1.807, 2.05) is 6.92 Å². The van der Waals surface area contributed by atoms with Crippen LogP contribution in [0.2, 0.25) is 0 Å². The van der Waals surface area contributed by atoms with Crippen LogP contribution in [0.4, 0.5) is 0 Å². The molecule has 30 heavy (non-hydrogen) atoms. The molecule has 2 aromatic rings. The van der Waals surface area contributed by atoms with Crippen LogP contribution in [0.3, 0.4) is 0 Å². The maximum atomic E-state index is 13.4. The zero-order valence-electron chi connectivity index (χ0n) is 16.8. The number of phenolic OH excluding ortho intramolecular Hbond substituents is 1. The van der Waals surface area contributed by atoms with E-state index in [9.17, 15) is 14.7 Å². The van der Waals surface area contributed by atoms with Gasteiger partial charge in [-0.2, -0.15) is 0 Å². The molecule has 10 nitrogen and oxygen atoms in total. The van der Waals surface area contributed by atoms with Crippen molar-refractivity contribution in [1.29, 1.82) is 0 Å². The summed E-state index contributed by atoms with van der Waals surface area (Å²) in [7, 11) is 0. The first-order chi connectivity index (χ1) is 14.3. The number of aromatic nitrogens is 4. The quantitative estimate of drug-likeness (QED) is 0.612. The molecule has 3 saturated heterocycles. The van der Waals surface area contributed by atoms with Crippen molar-refractivity contribution in [3.8, 4) is 5.75 Å². The molecule has 0 saturated carbocycles. The first-order valence-corrected chi connectivity index (χ1v) is 10.8. The van der Waals surface area contributed by atoms with Crippen molar-refractivity contribution in [3.63, 3.8) is 0 Å². The number of amides is 2. The highest BCUT2D eigenvalue weighted by atomic mass is 32.2. The zero-order valence-corrected chi connectivity index (χ0v) is 17.6. The predicted molar refractivity (Wildman–Crippen MR) is 108 cm³/mol. The number of β-lactam (4-membered cyclic amide) rings is 1. The number of nitrogens with zero attached hydrogens (tertiary/aromatic N) is 5. The van der Waals surface area contributed by atoms with Crippen molar-refractivity contribution in [1.82, 2.24) is 35.7 Å². The number of H-pyrrole nitrogens is 1. The summed E-state index contributed by atoms with van der Waals surface area (Å²) in [6.45, 7) is 6.12. The Morgan fingerprint density at radius 3 is 2.53 bits per heavy atom. The number of aromatic hydroxyl groups is 1. The molecule has 3 aliphatic heterocycles. The first-order valence-electron chi connectivity index (χ1n) is 9.94. The van der Waals surface area contributed by atoms with Crippen molar-refractivity contribution in [2.45, 2.75) is 61.6 Å². The normalized spacial score (nSPS) is 32.4. The average molecular weight is 430 g/mol. The summed E-state index contributed by atoms with van der Waals surface area (Å²) >= 11 is 1.67. The molecule has 5 unspecified atom stereocenters. The lowest BCUT2D eigenvalue weighted by Crippen LogP contribution is -2.69. The summed E-state index contributed by atoms with van der Waals surface area (Å²) in [5.41, 5.74) is 0.771. The van der Waals surface area contributed by atoms with Gasteiger partial charge in [-0.1, -0.05) is 19.1 Å². The Kier molecular flexibility index (Phi) is 4.30. The highest BCUT2D eigenvalue weighted by Crippen LogP contribution is 2.58. The van der Waals surface area contributed by atoms with Gasteiger partial charge in [0, 0.05) is 4.75 Å². The third-order valence-corrected chi connectivity index (χ3v) is 7.70. The summed E-state index contributed by atoms with van der Waals surface area (Å²) in [6.07, 6.45) is 0.447. The van der Waals surface area contributed by atoms with Crippen LogP contribution in [0.25, 0.3) is 0 Å². The minimum Gasteiger partial charge on any atom is -0.508 e. The van der Waals surface area contributed by atoms with E-state index in [0.717, 1.165) is 5.56 Å². The number of tetrazole rings is 1. The fourth-order valence-electron chi connectivity index (χ4n) is 4.77. The minimum absolute atomic E-state index is 0.0839. The zero-order chi connectivity index (χ0) is 21.2. The fourth-order valence-corrected chi connectivity index (χ4v) is 6.47. The number of thioether (sulfide) groups is 1. The van der Waals surface area contributed by atoms with Crippen LogP contribution >= 0.6 is 11.8 Å². The number of rotatable bonds is 4. The van der Waals surface area contributed by atoms with Gasteiger partial charge in [0.2, 0.25) is 11.8 Å². The molecule has 5 atom stereocenters. The summed E-state index contributed by atoms with van der Waals surface area (Å²) in [5.74, 6) is 0.505. The van der Waals surface area contributed by atoms with Crippen LogP contribution in [0.15, 0.2) is 24.3 Å². The molecule has 3 N–H and O–H groups in total. The maximum Gasteiger partial charge on any atom is 0.250 e. The van der Waals surface area contributed by atoms with Gasteiger partial charge in [0.15, 0.2) is 5.82 Å². The Bertz CT molecular complexity index is 981. The lowest BCUT2D eigenvalue weighted by atomic mass is 9.94. The molecule has 158 valence electrons. The second kappa shape index (κ2) is 6.67. The van der Waals surface area contributed by atoms with E-state index in [4.69, 9.17) is 0 Å². The fraction of sp³-hybridized carbons (Fsp3) is 0.526. The Morgan fingerprint density at radius 1 is 1.17 bits per heavy atom. The third-order valence-electron chi connectivity index (χ3n) is 6.14. The van der Waals surface area contributed by atoms with Gasteiger partial charge >= 0.3 is 0 Å². The van der Waals surface area contributed by atoms with Crippen molar-refractivity contribution in [2.75, 3.05) is 0 Å². The Balaban J connectivity index is 1.44. The highest BCUT2D eigenvalue weighted by Gasteiger charge is 2.66. The molecule has 5 rings (SSSR count). The van der Waals surface area contributed by atoms with Crippen LogP contribution in [0.1, 0.15) is 50.7 Å². The largest absolute Gasteiger partial charge is 0.508 e. The molecule has 4 heterocycles. The Labute approximate surface area is 177 Å². The van der Waals surface area contributed by atoms with Gasteiger partial charge in [-0.15, -0.1) is 16.9 Å². The Morgan fingerprint density at radius 2 is 1.90 bits per heavy atom. The molecule has 0 aliphatic carbocycles. The topological polar surface area (TPSA) is 127 Å². The van der Waals surface area contributed by atoms with Gasteiger partial charge in [-0.25, -0.2) is 5.10 Å². The number of carbonyl (C=O) groups is 2. The highest BCUT2D eigenvalue weighted by molar-refractivity contribution is 8.01. The van der Waals surface area contributed by atoms with Gasteiger partial charge in [-0.3, -0.25) is 14.9 Å². The molecule has 1 aromatic carbocycles. The van der Waals surface area contributed by atoms with E-state index in [1.165, 1.54) is 0 Å². The number of carbonyl (C=O) groups excluding carboxylic acids is 2. The number of aromatic amines is 1. The molecule has 11 heteroatoms. The number of benzene rings is 1. The van der Waals surface area contributed by atoms with E-state index in [0.29, 0.717) is 12.2 Å². The van der Waals surface area contributed by atoms with Crippen molar-refractivity contribution in [3.05, 3.63) is 35.7 Å². The van der Waals surface area contributed by atoms with Crippen LogP contribution < -0.4 is 5.32 Å². The molecule has 2 amide bonds. The molecule has 0 spiro atoms. The van der Waals surface area contributed by atoms with Crippen LogP contribution in [0.5, 0.6) is 5.75 Å². The van der Waals surface area contributed by atoms with E-state index < -0.39 is 12.1 Å². The molecule has 3 aliphatic rings. The van der Waals surface area contributed by atoms with Gasteiger partial charge < -0.3 is 14.9 Å². The van der Waals surface area contributed by atoms with E-state index in [-0.39, 0.29) is 39.9 Å². The second-order valence-electron chi connectivity index (χ2n) is 8.35. The SMILES string of the molecule is CCC1NC(c2ccc(O)cc2)C(=O)N1C1C(=O)N2C1SC(C)(C)C2c1nnn[nH]1. The number of nitrogens with one attached hydrogen (secondary N) is 2. The van der Waals surface area contributed by atoms with Crippen molar-refractivity contribution >= 4 is 23.6 Å². The van der Waals surface area contributed by atoms with Gasteiger partial charge in [-0.05, 0) is 48.4 Å². The minimum atomic E-state index is -0.536. The smallest absolute Gasteiger partial charge is 0.250 e. The second-order valence-corrected chi connectivity index (χ2v) is 10.1. The number of hydrogen-bond acceptors (Lipinski definition) is 8. The number of phenols is 1. The molecule has 3 fully saturated rings. The van der Waals surface area contributed by atoms with Gasteiger partial charge in [0.05, 0.1) is 6.17 Å². The summed E-state index contributed by atoms with van der Waals surface area (Å²) in [6, 6.07) is 5.26. The molecule has 0 bridgehead atoms. The average Bonchev–Trinajstić information content (AvgIpc) is 3.40. The van der Waals surface area contributed by atoms with Crippen molar-refractivity contribution in [2.24, 2.45) is 0 Å². The lowest BCUT2D eigenvalue weighted by molar-refractivity contribution is -0.163. The lowest BCUT2D eigenvalue weighted by Gasteiger charge is -2.48. The molecular formula is C19H23N7O3S. The molecule has 0 radical (unpaired) electrons. The number of fused-ring (bicyclic) bond motifs is 1. The van der Waals surface area contributed by atoms with Gasteiger partial charge in [0.1, 0.15) is 29.2 Å². The van der Waals surface area contributed by atoms with E-state index in [1.54, 1.807) is 45.8 Å². The first kappa shape index (κ1) is 19.3. The maximum absolute atomic E-state index is 13.4.